The standard InChI is InChI=1S/C14H18N2/c1-11(12-6-2-3-7-12)16-14-9-5-4-8-13(14)10-15/h4-5,8-9,11-12,16H,2-3,6-7H2,1H3. The zero-order valence-corrected chi connectivity index (χ0v) is 9.74. The highest BCUT2D eigenvalue weighted by Crippen LogP contribution is 2.29. The smallest absolute Gasteiger partial charge is 0.101 e. The molecule has 2 rings (SSSR count). The van der Waals surface area contributed by atoms with Crippen LogP contribution in [0.2, 0.25) is 0 Å². The number of nitrogens with one attached hydrogen (secondary N) is 1. The van der Waals surface area contributed by atoms with Gasteiger partial charge in [0.1, 0.15) is 6.07 Å². The lowest BCUT2D eigenvalue weighted by molar-refractivity contribution is 0.482. The highest BCUT2D eigenvalue weighted by atomic mass is 14.9. The molecule has 1 aliphatic carbocycles. The molecule has 0 radical (unpaired) electrons. The lowest BCUT2D eigenvalue weighted by atomic mass is 9.99. The van der Waals surface area contributed by atoms with E-state index in [1.165, 1.54) is 25.7 Å². The van der Waals surface area contributed by atoms with Gasteiger partial charge < -0.3 is 5.32 Å². The molecule has 1 unspecified atom stereocenters. The summed E-state index contributed by atoms with van der Waals surface area (Å²) in [5.74, 6) is 0.770. The molecular formula is C14H18N2. The topological polar surface area (TPSA) is 35.8 Å². The van der Waals surface area contributed by atoms with Gasteiger partial charge in [0.15, 0.2) is 0 Å². The maximum Gasteiger partial charge on any atom is 0.101 e. The van der Waals surface area contributed by atoms with Crippen molar-refractivity contribution < 1.29 is 0 Å². The number of nitrogens with zero attached hydrogens (tertiary/aromatic N) is 1. The summed E-state index contributed by atoms with van der Waals surface area (Å²) in [4.78, 5) is 0. The fourth-order valence-electron chi connectivity index (χ4n) is 2.53. The first-order valence-corrected chi connectivity index (χ1v) is 6.07. The Labute approximate surface area is 97.3 Å². The second kappa shape index (κ2) is 5.03. The minimum atomic E-state index is 0.469. The van der Waals surface area contributed by atoms with Gasteiger partial charge in [0.25, 0.3) is 0 Å². The first-order chi connectivity index (χ1) is 7.81. The predicted molar refractivity (Wildman–Crippen MR) is 66.2 cm³/mol. The van der Waals surface area contributed by atoms with Gasteiger partial charge >= 0.3 is 0 Å². The first kappa shape index (κ1) is 11.0. The molecule has 1 aromatic rings. The molecule has 0 spiro atoms. The van der Waals surface area contributed by atoms with Gasteiger partial charge in [-0.3, -0.25) is 0 Å². The van der Waals surface area contributed by atoms with Gasteiger partial charge in [-0.15, -0.1) is 0 Å². The summed E-state index contributed by atoms with van der Waals surface area (Å²) in [5.41, 5.74) is 1.72. The molecule has 1 aliphatic rings. The van der Waals surface area contributed by atoms with Crippen LogP contribution in [0.1, 0.15) is 38.2 Å². The molecule has 1 saturated carbocycles. The molecule has 0 aliphatic heterocycles. The zero-order chi connectivity index (χ0) is 11.4. The van der Waals surface area contributed by atoms with E-state index in [1.54, 1.807) is 0 Å². The number of hydrogen-bond acceptors (Lipinski definition) is 2. The van der Waals surface area contributed by atoms with E-state index in [1.807, 2.05) is 24.3 Å². The van der Waals surface area contributed by atoms with Crippen molar-refractivity contribution in [2.75, 3.05) is 5.32 Å². The average Bonchev–Trinajstić information content (AvgIpc) is 2.83. The van der Waals surface area contributed by atoms with E-state index in [-0.39, 0.29) is 0 Å². The van der Waals surface area contributed by atoms with Crippen LogP contribution in [0.3, 0.4) is 0 Å². The van der Waals surface area contributed by atoms with Crippen LogP contribution >= 0.6 is 0 Å². The van der Waals surface area contributed by atoms with Gasteiger partial charge in [0, 0.05) is 6.04 Å². The quantitative estimate of drug-likeness (QED) is 0.835. The molecule has 0 bridgehead atoms. The maximum absolute atomic E-state index is 9.01. The van der Waals surface area contributed by atoms with Crippen LogP contribution in [0.4, 0.5) is 5.69 Å². The van der Waals surface area contributed by atoms with Gasteiger partial charge in [-0.1, -0.05) is 25.0 Å². The summed E-state index contributed by atoms with van der Waals surface area (Å²) >= 11 is 0. The van der Waals surface area contributed by atoms with Gasteiger partial charge in [-0.25, -0.2) is 0 Å². The third-order valence-electron chi connectivity index (χ3n) is 3.54. The molecule has 0 saturated heterocycles. The lowest BCUT2D eigenvalue weighted by Gasteiger charge is -2.22. The number of para-hydroxylation sites is 1. The molecule has 1 atom stereocenters. The van der Waals surface area contributed by atoms with Crippen molar-refractivity contribution >= 4 is 5.69 Å². The summed E-state index contributed by atoms with van der Waals surface area (Å²) in [6.07, 6.45) is 5.36. The zero-order valence-electron chi connectivity index (χ0n) is 9.74. The van der Waals surface area contributed by atoms with E-state index < -0.39 is 0 Å². The summed E-state index contributed by atoms with van der Waals surface area (Å²) in [7, 11) is 0. The maximum atomic E-state index is 9.01. The van der Waals surface area contributed by atoms with Crippen LogP contribution in [0, 0.1) is 17.2 Å². The second-order valence-electron chi connectivity index (χ2n) is 4.63. The monoisotopic (exact) mass is 214 g/mol. The molecule has 0 amide bonds. The Morgan fingerprint density at radius 1 is 1.31 bits per heavy atom. The fourth-order valence-corrected chi connectivity index (χ4v) is 2.53. The van der Waals surface area contributed by atoms with Gasteiger partial charge in [-0.05, 0) is 37.8 Å². The number of rotatable bonds is 3. The van der Waals surface area contributed by atoms with E-state index in [9.17, 15) is 0 Å². The van der Waals surface area contributed by atoms with Crippen LogP contribution < -0.4 is 5.32 Å². The summed E-state index contributed by atoms with van der Waals surface area (Å²) in [5, 5.41) is 12.5. The Morgan fingerprint density at radius 2 is 2.00 bits per heavy atom. The van der Waals surface area contributed by atoms with Crippen molar-refractivity contribution in [2.45, 2.75) is 38.6 Å². The lowest BCUT2D eigenvalue weighted by Crippen LogP contribution is -2.24. The van der Waals surface area contributed by atoms with E-state index in [0.717, 1.165) is 17.2 Å². The molecule has 1 aromatic carbocycles. The normalized spacial score (nSPS) is 18.0. The molecule has 0 aromatic heterocycles. The largest absolute Gasteiger partial charge is 0.381 e. The third kappa shape index (κ3) is 2.36. The fraction of sp³-hybridized carbons (Fsp3) is 0.500. The van der Waals surface area contributed by atoms with Crippen LogP contribution in [0.25, 0.3) is 0 Å². The minimum absolute atomic E-state index is 0.469. The first-order valence-electron chi connectivity index (χ1n) is 6.07. The van der Waals surface area contributed by atoms with Crippen LogP contribution in [0.15, 0.2) is 24.3 Å². The SMILES string of the molecule is CC(Nc1ccccc1C#N)C1CCCC1. The summed E-state index contributed by atoms with van der Waals surface area (Å²) in [6.45, 7) is 2.23. The Balaban J connectivity index is 2.05. The van der Waals surface area contributed by atoms with Crippen molar-refractivity contribution in [3.05, 3.63) is 29.8 Å². The van der Waals surface area contributed by atoms with Gasteiger partial charge in [-0.2, -0.15) is 5.26 Å². The Hall–Kier alpha value is -1.49. The van der Waals surface area contributed by atoms with Crippen molar-refractivity contribution in [1.82, 2.24) is 0 Å². The Bertz CT molecular complexity index is 386. The Morgan fingerprint density at radius 3 is 2.69 bits per heavy atom. The highest BCUT2D eigenvalue weighted by molar-refractivity contribution is 5.57. The molecule has 84 valence electrons. The number of nitriles is 1. The van der Waals surface area contributed by atoms with Crippen molar-refractivity contribution in [3.8, 4) is 6.07 Å². The second-order valence-corrected chi connectivity index (χ2v) is 4.63. The molecular weight excluding hydrogens is 196 g/mol. The molecule has 1 N–H and O–H groups in total. The van der Waals surface area contributed by atoms with Crippen molar-refractivity contribution in [3.63, 3.8) is 0 Å². The van der Waals surface area contributed by atoms with Crippen molar-refractivity contribution in [1.29, 1.82) is 5.26 Å². The van der Waals surface area contributed by atoms with E-state index in [4.69, 9.17) is 5.26 Å². The van der Waals surface area contributed by atoms with Crippen LogP contribution in [-0.4, -0.2) is 6.04 Å². The molecule has 16 heavy (non-hydrogen) atoms. The Kier molecular flexibility index (Phi) is 3.46. The third-order valence-corrected chi connectivity index (χ3v) is 3.54. The van der Waals surface area contributed by atoms with E-state index in [2.05, 4.69) is 18.3 Å². The van der Waals surface area contributed by atoms with Gasteiger partial charge in [0.2, 0.25) is 0 Å². The molecule has 0 heterocycles. The minimum Gasteiger partial charge on any atom is -0.381 e. The van der Waals surface area contributed by atoms with Crippen molar-refractivity contribution in [2.24, 2.45) is 5.92 Å². The molecule has 1 fully saturated rings. The number of hydrogen-bond donors (Lipinski definition) is 1. The average molecular weight is 214 g/mol. The van der Waals surface area contributed by atoms with Crippen LogP contribution in [-0.2, 0) is 0 Å². The number of benzene rings is 1. The van der Waals surface area contributed by atoms with Crippen LogP contribution in [0.5, 0.6) is 0 Å². The van der Waals surface area contributed by atoms with E-state index in [0.29, 0.717) is 6.04 Å². The predicted octanol–water partition coefficient (Wildman–Crippen LogP) is 3.55. The summed E-state index contributed by atoms with van der Waals surface area (Å²) in [6, 6.07) is 10.4. The molecule has 2 nitrogen and oxygen atoms in total. The summed E-state index contributed by atoms with van der Waals surface area (Å²) < 4.78 is 0. The highest BCUT2D eigenvalue weighted by Gasteiger charge is 2.21. The number of anilines is 1. The van der Waals surface area contributed by atoms with Gasteiger partial charge in [0.05, 0.1) is 11.3 Å². The molecule has 2 heteroatoms. The van der Waals surface area contributed by atoms with E-state index >= 15 is 0 Å².